The normalized spacial score (nSPS) is 10.9. The van der Waals surface area contributed by atoms with E-state index in [1.165, 1.54) is 5.56 Å². The van der Waals surface area contributed by atoms with Crippen LogP contribution in [0.25, 0.3) is 28.0 Å². The van der Waals surface area contributed by atoms with Gasteiger partial charge in [-0.1, -0.05) is 60.7 Å². The molecule has 0 aliphatic carbocycles. The maximum absolute atomic E-state index is 6.59. The van der Waals surface area contributed by atoms with Gasteiger partial charge in [0.1, 0.15) is 11.6 Å². The lowest BCUT2D eigenvalue weighted by Gasteiger charge is -2.11. The Hall–Kier alpha value is -4.39. The standard InChI is InChI=1S/C26H24N6O/c1-33-21-15-9-8-14-20(21)23-22-24(27)32(19-12-6-3-7-13-19)31-25(22)30-26(29-23)28-17-16-18-10-4-2-5-11-18/h2-15H,16-17,27H2,1H3,(H,28,30,31). The monoisotopic (exact) mass is 436 g/mol. The highest BCUT2D eigenvalue weighted by Gasteiger charge is 2.21. The highest BCUT2D eigenvalue weighted by atomic mass is 16.5. The molecule has 33 heavy (non-hydrogen) atoms. The van der Waals surface area contributed by atoms with E-state index >= 15 is 0 Å². The van der Waals surface area contributed by atoms with Crippen LogP contribution in [0.1, 0.15) is 5.56 Å². The van der Waals surface area contributed by atoms with Gasteiger partial charge < -0.3 is 15.8 Å². The fourth-order valence-electron chi connectivity index (χ4n) is 3.86. The first-order valence-corrected chi connectivity index (χ1v) is 10.8. The van der Waals surface area contributed by atoms with Crippen molar-refractivity contribution in [2.75, 3.05) is 24.7 Å². The summed E-state index contributed by atoms with van der Waals surface area (Å²) in [6.07, 6.45) is 0.854. The van der Waals surface area contributed by atoms with Gasteiger partial charge in [0, 0.05) is 12.1 Å². The molecule has 7 heteroatoms. The number of anilines is 2. The van der Waals surface area contributed by atoms with Crippen molar-refractivity contribution in [2.45, 2.75) is 6.42 Å². The van der Waals surface area contributed by atoms with Crippen molar-refractivity contribution in [1.82, 2.24) is 19.7 Å². The Morgan fingerprint density at radius 1 is 0.879 bits per heavy atom. The summed E-state index contributed by atoms with van der Waals surface area (Å²) in [5.74, 6) is 1.68. The van der Waals surface area contributed by atoms with E-state index < -0.39 is 0 Å². The second-order valence-electron chi connectivity index (χ2n) is 7.59. The molecule has 0 saturated carbocycles. The highest BCUT2D eigenvalue weighted by molar-refractivity contribution is 6.00. The number of methoxy groups -OCH3 is 1. The molecule has 0 spiro atoms. The molecule has 0 bridgehead atoms. The van der Waals surface area contributed by atoms with Gasteiger partial charge in [-0.3, -0.25) is 0 Å². The maximum atomic E-state index is 6.59. The SMILES string of the molecule is COc1ccccc1-c1nc(NCCc2ccccc2)nc2nn(-c3ccccc3)c(N)c12. The average molecular weight is 437 g/mol. The number of hydrogen-bond donors (Lipinski definition) is 2. The molecule has 0 unspecified atom stereocenters. The third-order valence-corrected chi connectivity index (χ3v) is 5.47. The second kappa shape index (κ2) is 9.00. The van der Waals surface area contributed by atoms with E-state index in [1.807, 2.05) is 72.8 Å². The summed E-state index contributed by atoms with van der Waals surface area (Å²) >= 11 is 0. The van der Waals surface area contributed by atoms with E-state index in [2.05, 4.69) is 22.4 Å². The molecule has 3 N–H and O–H groups in total. The van der Waals surface area contributed by atoms with Crippen molar-refractivity contribution in [3.05, 3.63) is 90.5 Å². The topological polar surface area (TPSA) is 90.9 Å². The zero-order chi connectivity index (χ0) is 22.6. The summed E-state index contributed by atoms with van der Waals surface area (Å²) < 4.78 is 7.31. The van der Waals surface area contributed by atoms with Crippen LogP contribution in [0.2, 0.25) is 0 Å². The first kappa shape index (κ1) is 20.5. The molecule has 7 nitrogen and oxygen atoms in total. The molecule has 5 rings (SSSR count). The number of nitrogens with one attached hydrogen (secondary N) is 1. The lowest BCUT2D eigenvalue weighted by molar-refractivity contribution is 0.416. The molecule has 0 atom stereocenters. The van der Waals surface area contributed by atoms with Gasteiger partial charge in [0.25, 0.3) is 0 Å². The second-order valence-corrected chi connectivity index (χ2v) is 7.59. The van der Waals surface area contributed by atoms with Gasteiger partial charge in [-0.2, -0.15) is 4.98 Å². The molecule has 0 fully saturated rings. The molecule has 0 radical (unpaired) electrons. The number of benzene rings is 3. The first-order chi connectivity index (χ1) is 16.2. The Balaban J connectivity index is 1.60. The number of aromatic nitrogens is 4. The summed E-state index contributed by atoms with van der Waals surface area (Å²) in [5, 5.41) is 8.75. The predicted octanol–water partition coefficient (Wildman–Crippen LogP) is 4.73. The van der Waals surface area contributed by atoms with Gasteiger partial charge in [-0.25, -0.2) is 9.67 Å². The minimum Gasteiger partial charge on any atom is -0.496 e. The maximum Gasteiger partial charge on any atom is 0.225 e. The van der Waals surface area contributed by atoms with Crippen molar-refractivity contribution in [3.8, 4) is 22.7 Å². The van der Waals surface area contributed by atoms with Crippen molar-refractivity contribution in [1.29, 1.82) is 0 Å². The van der Waals surface area contributed by atoms with Crippen LogP contribution in [0.15, 0.2) is 84.9 Å². The molecule has 0 aliphatic rings. The van der Waals surface area contributed by atoms with Crippen molar-refractivity contribution in [2.24, 2.45) is 0 Å². The summed E-state index contributed by atoms with van der Waals surface area (Å²) in [7, 11) is 1.65. The Morgan fingerprint density at radius 3 is 2.33 bits per heavy atom. The molecule has 2 heterocycles. The smallest absolute Gasteiger partial charge is 0.225 e. The lowest BCUT2D eigenvalue weighted by atomic mass is 10.1. The summed E-state index contributed by atoms with van der Waals surface area (Å²) in [6.45, 7) is 0.690. The number of hydrogen-bond acceptors (Lipinski definition) is 6. The van der Waals surface area contributed by atoms with E-state index in [9.17, 15) is 0 Å². The Kier molecular flexibility index (Phi) is 5.59. The molecule has 0 amide bonds. The minimum atomic E-state index is 0.480. The van der Waals surface area contributed by atoms with E-state index in [1.54, 1.807) is 11.8 Å². The van der Waals surface area contributed by atoms with Crippen LogP contribution < -0.4 is 15.8 Å². The van der Waals surface area contributed by atoms with Crippen molar-refractivity contribution < 1.29 is 4.74 Å². The fraction of sp³-hybridized carbons (Fsp3) is 0.115. The largest absolute Gasteiger partial charge is 0.496 e. The molecular weight excluding hydrogens is 412 g/mol. The van der Waals surface area contributed by atoms with Gasteiger partial charge in [-0.15, -0.1) is 5.10 Å². The molecule has 164 valence electrons. The van der Waals surface area contributed by atoms with Gasteiger partial charge in [0.05, 0.1) is 23.9 Å². The third-order valence-electron chi connectivity index (χ3n) is 5.47. The number of ether oxygens (including phenoxy) is 1. The zero-order valence-corrected chi connectivity index (χ0v) is 18.3. The van der Waals surface area contributed by atoms with Gasteiger partial charge >= 0.3 is 0 Å². The Labute approximate surface area is 191 Å². The third kappa shape index (κ3) is 4.08. The summed E-state index contributed by atoms with van der Waals surface area (Å²) in [4.78, 5) is 9.52. The molecule has 0 saturated heterocycles. The number of para-hydroxylation sites is 2. The van der Waals surface area contributed by atoms with Crippen LogP contribution in [0.4, 0.5) is 11.8 Å². The van der Waals surface area contributed by atoms with Crippen LogP contribution in [-0.4, -0.2) is 33.4 Å². The van der Waals surface area contributed by atoms with Gasteiger partial charge in [-0.05, 0) is 36.2 Å². The van der Waals surface area contributed by atoms with E-state index in [4.69, 9.17) is 20.6 Å². The van der Waals surface area contributed by atoms with Crippen LogP contribution in [0, 0.1) is 0 Å². The van der Waals surface area contributed by atoms with Crippen LogP contribution in [-0.2, 0) is 6.42 Å². The lowest BCUT2D eigenvalue weighted by Crippen LogP contribution is -2.09. The first-order valence-electron chi connectivity index (χ1n) is 10.8. The van der Waals surface area contributed by atoms with Crippen molar-refractivity contribution in [3.63, 3.8) is 0 Å². The number of nitrogens with two attached hydrogens (primary N) is 1. The Bertz CT molecular complexity index is 1380. The van der Waals surface area contributed by atoms with E-state index in [0.717, 1.165) is 17.7 Å². The highest BCUT2D eigenvalue weighted by Crippen LogP contribution is 2.37. The molecule has 2 aromatic heterocycles. The number of fused-ring (bicyclic) bond motifs is 1. The molecule has 5 aromatic rings. The minimum absolute atomic E-state index is 0.480. The van der Waals surface area contributed by atoms with Crippen LogP contribution in [0.5, 0.6) is 5.75 Å². The number of rotatable bonds is 7. The van der Waals surface area contributed by atoms with E-state index in [0.29, 0.717) is 40.8 Å². The van der Waals surface area contributed by atoms with Crippen molar-refractivity contribution >= 4 is 22.8 Å². The Morgan fingerprint density at radius 2 is 1.58 bits per heavy atom. The quantitative estimate of drug-likeness (QED) is 0.383. The summed E-state index contributed by atoms with van der Waals surface area (Å²) in [5.41, 5.74) is 10.7. The fourth-order valence-corrected chi connectivity index (χ4v) is 3.86. The molecular formula is C26H24N6O. The molecule has 3 aromatic carbocycles. The van der Waals surface area contributed by atoms with E-state index in [-0.39, 0.29) is 0 Å². The predicted molar refractivity (Wildman–Crippen MR) is 132 cm³/mol. The van der Waals surface area contributed by atoms with Crippen LogP contribution >= 0.6 is 0 Å². The van der Waals surface area contributed by atoms with Gasteiger partial charge in [0.15, 0.2) is 5.65 Å². The molecule has 0 aliphatic heterocycles. The number of nitrogens with zero attached hydrogens (tertiary/aromatic N) is 4. The average Bonchev–Trinajstić information content (AvgIpc) is 3.21. The number of nitrogen functional groups attached to an aromatic ring is 1. The van der Waals surface area contributed by atoms with Gasteiger partial charge in [0.2, 0.25) is 5.95 Å². The van der Waals surface area contributed by atoms with Crippen LogP contribution in [0.3, 0.4) is 0 Å². The summed E-state index contributed by atoms with van der Waals surface area (Å²) in [6, 6.07) is 27.8. The zero-order valence-electron chi connectivity index (χ0n) is 18.3.